The predicted molar refractivity (Wildman–Crippen MR) is 81.7 cm³/mol. The van der Waals surface area contributed by atoms with Crippen molar-refractivity contribution < 1.29 is 14.1 Å². The Morgan fingerprint density at radius 3 is 3.00 bits per heavy atom. The Kier molecular flexibility index (Phi) is 5.04. The van der Waals surface area contributed by atoms with Crippen molar-refractivity contribution in [3.8, 4) is 0 Å². The number of carbonyl (C=O) groups excluding carboxylic acids is 1. The lowest BCUT2D eigenvalue weighted by molar-refractivity contribution is 0.0305. The number of carbonyl (C=O) groups is 1. The van der Waals surface area contributed by atoms with Crippen molar-refractivity contribution >= 4 is 5.91 Å². The van der Waals surface area contributed by atoms with Crippen LogP contribution in [-0.4, -0.2) is 51.8 Å². The Balaban J connectivity index is 1.53. The van der Waals surface area contributed by atoms with E-state index in [9.17, 15) is 4.79 Å². The lowest BCUT2D eigenvalue weighted by Gasteiger charge is -2.25. The maximum Gasteiger partial charge on any atom is 0.273 e. The molecule has 0 bridgehead atoms. The van der Waals surface area contributed by atoms with E-state index in [2.05, 4.69) is 20.4 Å². The summed E-state index contributed by atoms with van der Waals surface area (Å²) in [6.45, 7) is 7.09. The molecular formula is C15H21N5O3. The molecule has 2 aromatic rings. The van der Waals surface area contributed by atoms with Crippen LogP contribution in [-0.2, 0) is 24.4 Å². The van der Waals surface area contributed by atoms with Crippen molar-refractivity contribution in [3.63, 3.8) is 0 Å². The Hall–Kier alpha value is -2.19. The van der Waals surface area contributed by atoms with Crippen LogP contribution < -0.4 is 5.32 Å². The molecule has 0 saturated carbocycles. The maximum absolute atomic E-state index is 12.1. The van der Waals surface area contributed by atoms with E-state index >= 15 is 0 Å². The fourth-order valence-corrected chi connectivity index (χ4v) is 2.52. The number of morpholine rings is 1. The van der Waals surface area contributed by atoms with Crippen LogP contribution in [0.2, 0.25) is 0 Å². The highest BCUT2D eigenvalue weighted by Crippen LogP contribution is 2.09. The van der Waals surface area contributed by atoms with Crippen molar-refractivity contribution in [2.75, 3.05) is 26.3 Å². The molecule has 124 valence electrons. The Bertz CT molecular complexity index is 645. The summed E-state index contributed by atoms with van der Waals surface area (Å²) >= 11 is 0. The molecule has 0 unspecified atom stereocenters. The Morgan fingerprint density at radius 1 is 1.39 bits per heavy atom. The molecule has 1 saturated heterocycles. The second-order valence-electron chi connectivity index (χ2n) is 5.42. The smallest absolute Gasteiger partial charge is 0.273 e. The zero-order valence-corrected chi connectivity index (χ0v) is 13.2. The van der Waals surface area contributed by atoms with Gasteiger partial charge in [0.25, 0.3) is 5.91 Å². The number of rotatable bonds is 6. The topological polar surface area (TPSA) is 85.4 Å². The molecule has 1 fully saturated rings. The summed E-state index contributed by atoms with van der Waals surface area (Å²) in [5, 5.41) is 6.69. The van der Waals surface area contributed by atoms with Crippen molar-refractivity contribution in [2.45, 2.75) is 26.6 Å². The van der Waals surface area contributed by atoms with Gasteiger partial charge in [-0.2, -0.15) is 0 Å². The lowest BCUT2D eigenvalue weighted by atomic mass is 10.3. The van der Waals surface area contributed by atoms with Crippen LogP contribution in [0.1, 0.15) is 28.9 Å². The van der Waals surface area contributed by atoms with E-state index in [0.29, 0.717) is 24.5 Å². The van der Waals surface area contributed by atoms with Gasteiger partial charge in [-0.1, -0.05) is 5.16 Å². The van der Waals surface area contributed by atoms with Crippen LogP contribution in [0.15, 0.2) is 23.1 Å². The molecule has 3 heterocycles. The molecule has 0 spiro atoms. The molecule has 1 aliphatic rings. The van der Waals surface area contributed by atoms with Crippen LogP contribution in [0.25, 0.3) is 0 Å². The average Bonchev–Trinajstić information content (AvgIpc) is 3.22. The second-order valence-corrected chi connectivity index (χ2v) is 5.42. The molecule has 0 aliphatic carbocycles. The summed E-state index contributed by atoms with van der Waals surface area (Å²) in [5.74, 6) is 0.446. The molecule has 0 radical (unpaired) electrons. The number of nitrogens with zero attached hydrogens (tertiary/aromatic N) is 4. The minimum atomic E-state index is -0.245. The lowest BCUT2D eigenvalue weighted by Crippen LogP contribution is -2.35. The quantitative estimate of drug-likeness (QED) is 0.841. The standard InChI is InChI=1S/C15H21N5O3/c1-2-20-11-16-8-12(20)9-17-15(21)14-7-13(23-18-14)10-19-3-5-22-6-4-19/h7-8,11H,2-6,9-10H2,1H3,(H,17,21). The zero-order valence-electron chi connectivity index (χ0n) is 13.2. The van der Waals surface area contributed by atoms with Crippen molar-refractivity contribution in [1.29, 1.82) is 0 Å². The first kappa shape index (κ1) is 15.7. The van der Waals surface area contributed by atoms with E-state index in [1.54, 1.807) is 18.6 Å². The fraction of sp³-hybridized carbons (Fsp3) is 0.533. The van der Waals surface area contributed by atoms with E-state index in [1.807, 2.05) is 11.5 Å². The summed E-state index contributed by atoms with van der Waals surface area (Å²) in [6.07, 6.45) is 3.49. The first-order chi connectivity index (χ1) is 11.3. The van der Waals surface area contributed by atoms with Gasteiger partial charge in [-0.05, 0) is 6.92 Å². The average molecular weight is 319 g/mol. The van der Waals surface area contributed by atoms with E-state index in [4.69, 9.17) is 9.26 Å². The molecule has 0 aromatic carbocycles. The number of aryl methyl sites for hydroxylation is 1. The van der Waals surface area contributed by atoms with Gasteiger partial charge in [0.05, 0.1) is 38.3 Å². The van der Waals surface area contributed by atoms with Crippen molar-refractivity contribution in [2.24, 2.45) is 0 Å². The van der Waals surface area contributed by atoms with Crippen LogP contribution in [0.5, 0.6) is 0 Å². The van der Waals surface area contributed by atoms with Gasteiger partial charge in [0.2, 0.25) is 0 Å². The summed E-state index contributed by atoms with van der Waals surface area (Å²) in [7, 11) is 0. The van der Waals surface area contributed by atoms with Crippen LogP contribution in [0.3, 0.4) is 0 Å². The van der Waals surface area contributed by atoms with Crippen LogP contribution in [0, 0.1) is 0 Å². The number of hydrogen-bond donors (Lipinski definition) is 1. The SMILES string of the molecule is CCn1cncc1CNC(=O)c1cc(CN2CCOCC2)on1. The monoisotopic (exact) mass is 319 g/mol. The van der Waals surface area contributed by atoms with E-state index in [0.717, 1.165) is 38.5 Å². The highest BCUT2D eigenvalue weighted by Gasteiger charge is 2.16. The van der Waals surface area contributed by atoms with Gasteiger partial charge < -0.3 is 19.1 Å². The van der Waals surface area contributed by atoms with Gasteiger partial charge in [0, 0.05) is 31.9 Å². The van der Waals surface area contributed by atoms with Crippen LogP contribution in [0.4, 0.5) is 0 Å². The third kappa shape index (κ3) is 3.96. The molecule has 3 rings (SSSR count). The Morgan fingerprint density at radius 2 is 2.22 bits per heavy atom. The molecule has 23 heavy (non-hydrogen) atoms. The highest BCUT2D eigenvalue weighted by atomic mass is 16.5. The Labute approximate surface area is 134 Å². The van der Waals surface area contributed by atoms with Gasteiger partial charge in [0.1, 0.15) is 0 Å². The summed E-state index contributed by atoms with van der Waals surface area (Å²) < 4.78 is 12.5. The molecular weight excluding hydrogens is 298 g/mol. The normalized spacial score (nSPS) is 15.7. The summed E-state index contributed by atoms with van der Waals surface area (Å²) in [4.78, 5) is 18.4. The molecule has 8 heteroatoms. The first-order valence-electron chi connectivity index (χ1n) is 7.79. The van der Waals surface area contributed by atoms with E-state index in [-0.39, 0.29) is 5.91 Å². The maximum atomic E-state index is 12.1. The molecule has 1 N–H and O–H groups in total. The second kappa shape index (κ2) is 7.38. The first-order valence-corrected chi connectivity index (χ1v) is 7.79. The predicted octanol–water partition coefficient (Wildman–Crippen LogP) is 0.653. The summed E-state index contributed by atoms with van der Waals surface area (Å²) in [6, 6.07) is 1.70. The van der Waals surface area contributed by atoms with E-state index < -0.39 is 0 Å². The van der Waals surface area contributed by atoms with Crippen molar-refractivity contribution in [3.05, 3.63) is 35.7 Å². The van der Waals surface area contributed by atoms with Crippen molar-refractivity contribution in [1.82, 2.24) is 24.9 Å². The van der Waals surface area contributed by atoms with E-state index in [1.165, 1.54) is 0 Å². The van der Waals surface area contributed by atoms with Crippen LogP contribution >= 0.6 is 0 Å². The number of ether oxygens (including phenoxy) is 1. The zero-order chi connectivity index (χ0) is 16.1. The van der Waals surface area contributed by atoms with Gasteiger partial charge in [-0.15, -0.1) is 0 Å². The van der Waals surface area contributed by atoms with Gasteiger partial charge in [-0.3, -0.25) is 9.69 Å². The number of hydrogen-bond acceptors (Lipinski definition) is 6. The minimum absolute atomic E-state index is 0.245. The molecule has 1 amide bonds. The molecule has 2 aromatic heterocycles. The molecule has 8 nitrogen and oxygen atoms in total. The van der Waals surface area contributed by atoms with Gasteiger partial charge in [-0.25, -0.2) is 4.98 Å². The van der Waals surface area contributed by atoms with Gasteiger partial charge >= 0.3 is 0 Å². The molecule has 1 aliphatic heterocycles. The fourth-order valence-electron chi connectivity index (χ4n) is 2.52. The number of nitrogens with one attached hydrogen (secondary N) is 1. The highest BCUT2D eigenvalue weighted by molar-refractivity contribution is 5.92. The number of amides is 1. The number of imidazole rings is 1. The number of aromatic nitrogens is 3. The van der Waals surface area contributed by atoms with Gasteiger partial charge in [0.15, 0.2) is 11.5 Å². The third-order valence-electron chi connectivity index (χ3n) is 3.84. The third-order valence-corrected chi connectivity index (χ3v) is 3.84. The largest absolute Gasteiger partial charge is 0.379 e. The summed E-state index contributed by atoms with van der Waals surface area (Å²) in [5.41, 5.74) is 1.26. The molecule has 0 atom stereocenters. The minimum Gasteiger partial charge on any atom is -0.379 e.